The van der Waals surface area contributed by atoms with Crippen molar-refractivity contribution in [2.75, 3.05) is 19.8 Å². The Morgan fingerprint density at radius 3 is 2.48 bits per heavy atom. The SMILES string of the molecule is C=CC(=C)CNC(=C)c1cc(OCC(CC)CCO)cc(C(=C)C)c1. The van der Waals surface area contributed by atoms with E-state index in [1.807, 2.05) is 25.1 Å². The highest BCUT2D eigenvalue weighted by Crippen LogP contribution is 2.26. The van der Waals surface area contributed by atoms with E-state index in [9.17, 15) is 0 Å². The molecule has 0 fully saturated rings. The molecule has 0 amide bonds. The van der Waals surface area contributed by atoms with Crippen molar-refractivity contribution in [2.24, 2.45) is 5.92 Å². The van der Waals surface area contributed by atoms with Crippen LogP contribution in [0, 0.1) is 5.92 Å². The predicted molar refractivity (Wildman–Crippen MR) is 109 cm³/mol. The summed E-state index contributed by atoms with van der Waals surface area (Å²) in [5.41, 5.74) is 4.66. The van der Waals surface area contributed by atoms with E-state index in [4.69, 9.17) is 9.84 Å². The molecule has 1 rings (SSSR count). The van der Waals surface area contributed by atoms with Crippen molar-refractivity contribution in [2.45, 2.75) is 26.7 Å². The highest BCUT2D eigenvalue weighted by atomic mass is 16.5. The van der Waals surface area contributed by atoms with Gasteiger partial charge in [-0.05, 0) is 55.0 Å². The standard InChI is InChI=1S/C22H31NO2/c1-7-17(5)14-23-18(6)21-11-20(16(3)4)12-22(13-21)25-15-19(8-2)9-10-24/h7,11-13,19,23-24H,1,3,5-6,8-10,14-15H2,2,4H3. The Bertz CT molecular complexity index is 631. The smallest absolute Gasteiger partial charge is 0.120 e. The first-order valence-electron chi connectivity index (χ1n) is 8.69. The van der Waals surface area contributed by atoms with E-state index in [1.165, 1.54) is 0 Å². The minimum atomic E-state index is 0.187. The average Bonchev–Trinajstić information content (AvgIpc) is 2.62. The van der Waals surface area contributed by atoms with E-state index in [0.717, 1.165) is 46.6 Å². The van der Waals surface area contributed by atoms with Crippen LogP contribution in [0.15, 0.2) is 56.2 Å². The average molecular weight is 341 g/mol. The highest BCUT2D eigenvalue weighted by molar-refractivity contribution is 5.71. The van der Waals surface area contributed by atoms with E-state index in [1.54, 1.807) is 6.08 Å². The van der Waals surface area contributed by atoms with Crippen LogP contribution < -0.4 is 10.1 Å². The van der Waals surface area contributed by atoms with E-state index >= 15 is 0 Å². The normalized spacial score (nSPS) is 11.5. The fourth-order valence-corrected chi connectivity index (χ4v) is 2.30. The maximum Gasteiger partial charge on any atom is 0.120 e. The number of hydrogen-bond donors (Lipinski definition) is 2. The second kappa shape index (κ2) is 10.6. The topological polar surface area (TPSA) is 41.5 Å². The summed E-state index contributed by atoms with van der Waals surface area (Å²) in [6.45, 7) is 21.2. The van der Waals surface area contributed by atoms with Crippen LogP contribution in [0.4, 0.5) is 0 Å². The molecule has 0 aliphatic heterocycles. The molecule has 3 heteroatoms. The third-order valence-corrected chi connectivity index (χ3v) is 4.17. The first-order chi connectivity index (χ1) is 11.9. The monoisotopic (exact) mass is 341 g/mol. The Balaban J connectivity index is 2.92. The summed E-state index contributed by atoms with van der Waals surface area (Å²) >= 11 is 0. The lowest BCUT2D eigenvalue weighted by Gasteiger charge is -2.17. The molecule has 0 aliphatic carbocycles. The van der Waals surface area contributed by atoms with Gasteiger partial charge in [-0.3, -0.25) is 0 Å². The zero-order valence-electron chi connectivity index (χ0n) is 15.6. The molecule has 0 saturated carbocycles. The molecular formula is C22H31NO2. The van der Waals surface area contributed by atoms with Gasteiger partial charge in [0.05, 0.1) is 6.61 Å². The van der Waals surface area contributed by atoms with Crippen LogP contribution in [0.3, 0.4) is 0 Å². The summed E-state index contributed by atoms with van der Waals surface area (Å²) < 4.78 is 5.99. The Morgan fingerprint density at radius 2 is 1.92 bits per heavy atom. The van der Waals surface area contributed by atoms with Crippen LogP contribution in [0.25, 0.3) is 11.3 Å². The van der Waals surface area contributed by atoms with E-state index in [-0.39, 0.29) is 6.61 Å². The Morgan fingerprint density at radius 1 is 1.24 bits per heavy atom. The van der Waals surface area contributed by atoms with Crippen molar-refractivity contribution >= 4 is 11.3 Å². The maximum absolute atomic E-state index is 9.12. The summed E-state index contributed by atoms with van der Waals surface area (Å²) in [4.78, 5) is 0. The number of hydrogen-bond acceptors (Lipinski definition) is 3. The fourth-order valence-electron chi connectivity index (χ4n) is 2.30. The number of ether oxygens (including phenoxy) is 1. The van der Waals surface area contributed by atoms with Gasteiger partial charge in [-0.1, -0.05) is 44.9 Å². The number of aliphatic hydroxyl groups is 1. The van der Waals surface area contributed by atoms with Crippen LogP contribution in [0.1, 0.15) is 37.8 Å². The molecular weight excluding hydrogens is 310 g/mol. The minimum absolute atomic E-state index is 0.187. The van der Waals surface area contributed by atoms with Crippen LogP contribution in [-0.4, -0.2) is 24.9 Å². The van der Waals surface area contributed by atoms with Crippen molar-refractivity contribution in [3.63, 3.8) is 0 Å². The molecule has 1 unspecified atom stereocenters. The Kier molecular flexibility index (Phi) is 8.79. The van der Waals surface area contributed by atoms with Gasteiger partial charge in [0.25, 0.3) is 0 Å². The summed E-state index contributed by atoms with van der Waals surface area (Å²) in [7, 11) is 0. The maximum atomic E-state index is 9.12. The third-order valence-electron chi connectivity index (χ3n) is 4.17. The van der Waals surface area contributed by atoms with Crippen molar-refractivity contribution in [3.8, 4) is 5.75 Å². The van der Waals surface area contributed by atoms with Crippen LogP contribution in [-0.2, 0) is 0 Å². The second-order valence-corrected chi connectivity index (χ2v) is 6.32. The Labute approximate surface area is 152 Å². The van der Waals surface area contributed by atoms with Crippen molar-refractivity contribution in [1.82, 2.24) is 5.32 Å². The molecule has 0 spiro atoms. The van der Waals surface area contributed by atoms with Crippen molar-refractivity contribution < 1.29 is 9.84 Å². The molecule has 0 saturated heterocycles. The summed E-state index contributed by atoms with van der Waals surface area (Å²) in [5.74, 6) is 1.14. The predicted octanol–water partition coefficient (Wildman–Crippen LogP) is 4.81. The Hall–Kier alpha value is -2.26. The molecule has 0 bridgehead atoms. The number of rotatable bonds is 12. The lowest BCUT2D eigenvalue weighted by molar-refractivity contribution is 0.194. The molecule has 3 nitrogen and oxygen atoms in total. The summed E-state index contributed by atoms with van der Waals surface area (Å²) in [5, 5.41) is 12.4. The van der Waals surface area contributed by atoms with Crippen LogP contribution in [0.5, 0.6) is 5.75 Å². The first-order valence-corrected chi connectivity index (χ1v) is 8.69. The number of aliphatic hydroxyl groups excluding tert-OH is 1. The first kappa shape index (κ1) is 20.8. The fraction of sp³-hybridized carbons (Fsp3) is 0.364. The number of benzene rings is 1. The van der Waals surface area contributed by atoms with Crippen molar-refractivity contribution in [1.29, 1.82) is 0 Å². The lowest BCUT2D eigenvalue weighted by atomic mass is 10.0. The summed E-state index contributed by atoms with van der Waals surface area (Å²) in [6, 6.07) is 6.02. The van der Waals surface area contributed by atoms with E-state index in [2.05, 4.69) is 38.6 Å². The lowest BCUT2D eigenvalue weighted by Crippen LogP contribution is -2.15. The number of allylic oxidation sites excluding steroid dienone is 1. The molecule has 1 atom stereocenters. The molecule has 1 aromatic rings. The van der Waals surface area contributed by atoms with Gasteiger partial charge in [-0.2, -0.15) is 0 Å². The molecule has 25 heavy (non-hydrogen) atoms. The zero-order valence-corrected chi connectivity index (χ0v) is 15.6. The molecule has 1 aromatic carbocycles. The van der Waals surface area contributed by atoms with Gasteiger partial charge >= 0.3 is 0 Å². The number of nitrogens with one attached hydrogen (secondary N) is 1. The third kappa shape index (κ3) is 7.02. The molecule has 2 N–H and O–H groups in total. The van der Waals surface area contributed by atoms with E-state index < -0.39 is 0 Å². The molecule has 0 heterocycles. The van der Waals surface area contributed by atoms with Crippen LogP contribution in [0.2, 0.25) is 0 Å². The van der Waals surface area contributed by atoms with Gasteiger partial charge in [-0.25, -0.2) is 0 Å². The van der Waals surface area contributed by atoms with Gasteiger partial charge in [0.15, 0.2) is 0 Å². The molecule has 0 aromatic heterocycles. The van der Waals surface area contributed by atoms with Gasteiger partial charge in [0, 0.05) is 24.4 Å². The van der Waals surface area contributed by atoms with Gasteiger partial charge in [0.1, 0.15) is 5.75 Å². The largest absolute Gasteiger partial charge is 0.493 e. The van der Waals surface area contributed by atoms with Crippen molar-refractivity contribution in [3.05, 3.63) is 67.3 Å². The molecule has 0 aliphatic rings. The minimum Gasteiger partial charge on any atom is -0.493 e. The molecule has 136 valence electrons. The highest BCUT2D eigenvalue weighted by Gasteiger charge is 2.10. The second-order valence-electron chi connectivity index (χ2n) is 6.32. The van der Waals surface area contributed by atoms with Crippen LogP contribution >= 0.6 is 0 Å². The summed E-state index contributed by atoms with van der Waals surface area (Å²) in [6.07, 6.45) is 3.46. The van der Waals surface area contributed by atoms with E-state index in [0.29, 0.717) is 19.1 Å². The quantitative estimate of drug-likeness (QED) is 0.536. The van der Waals surface area contributed by atoms with Gasteiger partial charge in [-0.15, -0.1) is 0 Å². The molecule has 0 radical (unpaired) electrons. The van der Waals surface area contributed by atoms with Gasteiger partial charge in [0.2, 0.25) is 0 Å². The van der Waals surface area contributed by atoms with Gasteiger partial charge < -0.3 is 15.2 Å². The zero-order chi connectivity index (χ0) is 18.8.